The Labute approximate surface area is 157 Å². The molecule has 2 heterocycles. The predicted octanol–water partition coefficient (Wildman–Crippen LogP) is 1.72. The number of methoxy groups -OCH3 is 1. The van der Waals surface area contributed by atoms with Gasteiger partial charge in [0.2, 0.25) is 10.0 Å². The smallest absolute Gasteiger partial charge is 0.232 e. The molecule has 1 atom stereocenters. The van der Waals surface area contributed by atoms with Crippen LogP contribution in [-0.2, 0) is 16.4 Å². The molecule has 0 radical (unpaired) electrons. The molecule has 0 amide bonds. The van der Waals surface area contributed by atoms with E-state index < -0.39 is 10.0 Å². The fraction of sp³-hybridized carbons (Fsp3) is 0.333. The second-order valence-corrected chi connectivity index (χ2v) is 8.14. The van der Waals surface area contributed by atoms with Crippen molar-refractivity contribution in [1.29, 1.82) is 10.5 Å². The highest BCUT2D eigenvalue weighted by atomic mass is 32.2. The van der Waals surface area contributed by atoms with E-state index in [9.17, 15) is 8.42 Å². The minimum Gasteiger partial charge on any atom is -0.497 e. The van der Waals surface area contributed by atoms with Crippen LogP contribution in [0.1, 0.15) is 35.0 Å². The van der Waals surface area contributed by atoms with Crippen LogP contribution in [0.4, 0.5) is 5.69 Å². The molecule has 9 heteroatoms. The zero-order valence-electron chi connectivity index (χ0n) is 14.9. The van der Waals surface area contributed by atoms with Gasteiger partial charge < -0.3 is 4.74 Å². The van der Waals surface area contributed by atoms with Crippen molar-refractivity contribution in [2.45, 2.75) is 18.8 Å². The van der Waals surface area contributed by atoms with E-state index in [-0.39, 0.29) is 17.3 Å². The van der Waals surface area contributed by atoms with Crippen molar-refractivity contribution in [2.75, 3.05) is 24.2 Å². The number of nitrogens with zero attached hydrogens (tertiary/aromatic N) is 5. The average molecular weight is 383 g/mol. The molecule has 0 saturated heterocycles. The van der Waals surface area contributed by atoms with Gasteiger partial charge in [0, 0.05) is 12.5 Å². The quantitative estimate of drug-likeness (QED) is 0.771. The average Bonchev–Trinajstić information content (AvgIpc) is 3.04. The van der Waals surface area contributed by atoms with Gasteiger partial charge in [0.05, 0.1) is 30.9 Å². The van der Waals surface area contributed by atoms with Gasteiger partial charge in [-0.15, -0.1) is 0 Å². The molecule has 0 spiro atoms. The standard InChI is InChI=1S/C18H17N5O3S/c1-26-14-5-6-18-15(7-14)12(11-23(18)27(2,24)25)3-4-13-10-21-16(8-19)17(9-20)22-13/h5-7,10,12H,3-4,11H2,1-2H3. The summed E-state index contributed by atoms with van der Waals surface area (Å²) in [5.41, 5.74) is 2.16. The van der Waals surface area contributed by atoms with Crippen LogP contribution in [0.3, 0.4) is 0 Å². The molecule has 1 unspecified atom stereocenters. The number of hydrogen-bond donors (Lipinski definition) is 0. The van der Waals surface area contributed by atoms with Crippen LogP contribution in [0.25, 0.3) is 0 Å². The van der Waals surface area contributed by atoms with Gasteiger partial charge in [0.25, 0.3) is 0 Å². The van der Waals surface area contributed by atoms with Crippen molar-refractivity contribution in [3.8, 4) is 17.9 Å². The summed E-state index contributed by atoms with van der Waals surface area (Å²) in [6.45, 7) is 0.343. The molecule has 1 aliphatic heterocycles. The van der Waals surface area contributed by atoms with E-state index in [1.54, 1.807) is 19.2 Å². The molecule has 27 heavy (non-hydrogen) atoms. The first-order chi connectivity index (χ1) is 12.9. The molecule has 0 saturated carbocycles. The molecule has 0 fully saturated rings. The highest BCUT2D eigenvalue weighted by Gasteiger charge is 2.33. The fourth-order valence-electron chi connectivity index (χ4n) is 3.20. The second-order valence-electron chi connectivity index (χ2n) is 6.24. The Balaban J connectivity index is 1.86. The Bertz CT molecular complexity index is 1070. The maximum atomic E-state index is 12.1. The number of fused-ring (bicyclic) bond motifs is 1. The summed E-state index contributed by atoms with van der Waals surface area (Å²) in [6.07, 6.45) is 3.80. The summed E-state index contributed by atoms with van der Waals surface area (Å²) in [6, 6.07) is 9.06. The van der Waals surface area contributed by atoms with Gasteiger partial charge >= 0.3 is 0 Å². The molecule has 1 aromatic carbocycles. The van der Waals surface area contributed by atoms with Crippen LogP contribution in [0.5, 0.6) is 5.75 Å². The Morgan fingerprint density at radius 1 is 1.30 bits per heavy atom. The van der Waals surface area contributed by atoms with Gasteiger partial charge in [-0.05, 0) is 36.6 Å². The molecule has 3 rings (SSSR count). The third-order valence-electron chi connectivity index (χ3n) is 4.51. The first-order valence-electron chi connectivity index (χ1n) is 8.19. The molecular formula is C18H17N5O3S. The number of sulfonamides is 1. The second kappa shape index (κ2) is 7.22. The van der Waals surface area contributed by atoms with Gasteiger partial charge in [-0.2, -0.15) is 10.5 Å². The van der Waals surface area contributed by atoms with Crippen molar-refractivity contribution in [2.24, 2.45) is 0 Å². The largest absolute Gasteiger partial charge is 0.497 e. The van der Waals surface area contributed by atoms with Crippen LogP contribution in [0.15, 0.2) is 24.4 Å². The van der Waals surface area contributed by atoms with Crippen LogP contribution in [0, 0.1) is 22.7 Å². The molecule has 0 N–H and O–H groups in total. The lowest BCUT2D eigenvalue weighted by Crippen LogP contribution is -2.28. The van der Waals surface area contributed by atoms with E-state index in [4.69, 9.17) is 15.3 Å². The van der Waals surface area contributed by atoms with Gasteiger partial charge in [-0.3, -0.25) is 4.31 Å². The van der Waals surface area contributed by atoms with Crippen LogP contribution < -0.4 is 9.04 Å². The number of nitriles is 2. The van der Waals surface area contributed by atoms with Crippen LogP contribution in [0.2, 0.25) is 0 Å². The van der Waals surface area contributed by atoms with Crippen molar-refractivity contribution in [3.05, 3.63) is 47.0 Å². The number of aromatic nitrogens is 2. The molecular weight excluding hydrogens is 366 g/mol. The Morgan fingerprint density at radius 2 is 2.04 bits per heavy atom. The zero-order valence-corrected chi connectivity index (χ0v) is 15.7. The van der Waals surface area contributed by atoms with Crippen LogP contribution in [-0.4, -0.2) is 38.3 Å². The minimum absolute atomic E-state index is 0.000417. The first-order valence-corrected chi connectivity index (χ1v) is 10.0. The summed E-state index contributed by atoms with van der Waals surface area (Å²) in [5, 5.41) is 18.0. The highest BCUT2D eigenvalue weighted by molar-refractivity contribution is 7.92. The normalized spacial score (nSPS) is 15.7. The maximum Gasteiger partial charge on any atom is 0.232 e. The van der Waals surface area contributed by atoms with Gasteiger partial charge in [0.15, 0.2) is 11.4 Å². The third-order valence-corrected chi connectivity index (χ3v) is 5.66. The zero-order chi connectivity index (χ0) is 19.6. The molecule has 8 nitrogen and oxygen atoms in total. The van der Waals surface area contributed by atoms with Gasteiger partial charge in [-0.25, -0.2) is 18.4 Å². The SMILES string of the molecule is COc1ccc2c(c1)C(CCc1cnc(C#N)c(C#N)n1)CN2S(C)(=O)=O. The van der Waals surface area contributed by atoms with E-state index in [0.29, 0.717) is 36.5 Å². The number of anilines is 1. The number of rotatable bonds is 5. The van der Waals surface area contributed by atoms with E-state index in [1.807, 2.05) is 18.2 Å². The Hall–Kier alpha value is -3.17. The van der Waals surface area contributed by atoms with Crippen molar-refractivity contribution >= 4 is 15.7 Å². The van der Waals surface area contributed by atoms with E-state index in [2.05, 4.69) is 9.97 Å². The molecule has 1 aromatic heterocycles. The number of aryl methyl sites for hydroxylation is 1. The summed E-state index contributed by atoms with van der Waals surface area (Å²) in [5.74, 6) is 0.631. The van der Waals surface area contributed by atoms with Gasteiger partial charge in [-0.1, -0.05) is 0 Å². The number of benzene rings is 1. The number of ether oxygens (including phenoxy) is 1. The van der Waals surface area contributed by atoms with E-state index in [1.165, 1.54) is 16.8 Å². The van der Waals surface area contributed by atoms with E-state index in [0.717, 1.165) is 5.56 Å². The monoisotopic (exact) mass is 383 g/mol. The maximum absolute atomic E-state index is 12.1. The minimum atomic E-state index is -3.39. The lowest BCUT2D eigenvalue weighted by atomic mass is 9.95. The fourth-order valence-corrected chi connectivity index (χ4v) is 4.17. The lowest BCUT2D eigenvalue weighted by molar-refractivity contribution is 0.414. The Morgan fingerprint density at radius 3 is 2.67 bits per heavy atom. The molecule has 1 aliphatic rings. The summed E-state index contributed by atoms with van der Waals surface area (Å²) < 4.78 is 30.9. The van der Waals surface area contributed by atoms with Crippen molar-refractivity contribution in [3.63, 3.8) is 0 Å². The van der Waals surface area contributed by atoms with E-state index >= 15 is 0 Å². The topological polar surface area (TPSA) is 120 Å². The lowest BCUT2D eigenvalue weighted by Gasteiger charge is -2.17. The predicted molar refractivity (Wildman–Crippen MR) is 97.7 cm³/mol. The highest BCUT2D eigenvalue weighted by Crippen LogP contribution is 2.41. The summed E-state index contributed by atoms with van der Waals surface area (Å²) in [7, 11) is -1.82. The van der Waals surface area contributed by atoms with Crippen molar-refractivity contribution < 1.29 is 13.2 Å². The molecule has 0 aliphatic carbocycles. The van der Waals surface area contributed by atoms with Gasteiger partial charge in [0.1, 0.15) is 17.9 Å². The summed E-state index contributed by atoms with van der Waals surface area (Å²) >= 11 is 0. The molecule has 2 aromatic rings. The Kier molecular flexibility index (Phi) is 4.98. The first kappa shape index (κ1) is 18.6. The van der Waals surface area contributed by atoms with Crippen LogP contribution >= 0.6 is 0 Å². The molecule has 0 bridgehead atoms. The summed E-state index contributed by atoms with van der Waals surface area (Å²) in [4.78, 5) is 8.14. The van der Waals surface area contributed by atoms with Crippen molar-refractivity contribution in [1.82, 2.24) is 9.97 Å². The third kappa shape index (κ3) is 3.69. The molecule has 138 valence electrons. The number of hydrogen-bond acceptors (Lipinski definition) is 7.